The van der Waals surface area contributed by atoms with Crippen molar-refractivity contribution in [3.8, 4) is 5.75 Å². The van der Waals surface area contributed by atoms with Gasteiger partial charge in [-0.05, 0) is 48.9 Å². The molecule has 23 heavy (non-hydrogen) atoms. The number of hydrogen-bond acceptors (Lipinski definition) is 3. The van der Waals surface area contributed by atoms with Gasteiger partial charge in [0.15, 0.2) is 0 Å². The summed E-state index contributed by atoms with van der Waals surface area (Å²) in [5, 5.41) is 10.0. The molecular weight excluding hydrogens is 318 g/mol. The summed E-state index contributed by atoms with van der Waals surface area (Å²) in [4.78, 5) is 25.8. The molecular formula is C17H20ClNO4. The molecule has 124 valence electrons. The van der Waals surface area contributed by atoms with E-state index >= 15 is 0 Å². The Kier molecular flexibility index (Phi) is 4.48. The lowest BCUT2D eigenvalue weighted by Crippen LogP contribution is -2.53. The van der Waals surface area contributed by atoms with Gasteiger partial charge in [0, 0.05) is 11.6 Å². The van der Waals surface area contributed by atoms with Crippen LogP contribution in [-0.4, -0.2) is 41.1 Å². The van der Waals surface area contributed by atoms with E-state index in [9.17, 15) is 14.7 Å². The number of halogens is 1. The normalized spacial score (nSPS) is 27.0. The van der Waals surface area contributed by atoms with Gasteiger partial charge in [0.25, 0.3) is 0 Å². The first-order chi connectivity index (χ1) is 11.0. The van der Waals surface area contributed by atoms with Crippen molar-refractivity contribution in [2.24, 2.45) is 11.8 Å². The van der Waals surface area contributed by atoms with Crippen LogP contribution < -0.4 is 4.74 Å². The van der Waals surface area contributed by atoms with E-state index in [1.165, 1.54) is 4.90 Å². The summed E-state index contributed by atoms with van der Waals surface area (Å²) in [5.41, 5.74) is 0.902. The molecule has 0 radical (unpaired) electrons. The predicted octanol–water partition coefficient (Wildman–Crippen LogP) is 2.60. The van der Waals surface area contributed by atoms with Gasteiger partial charge in [-0.2, -0.15) is 0 Å². The Morgan fingerprint density at radius 3 is 2.91 bits per heavy atom. The highest BCUT2D eigenvalue weighted by Gasteiger charge is 2.38. The van der Waals surface area contributed by atoms with Crippen LogP contribution in [-0.2, 0) is 16.0 Å². The maximum Gasteiger partial charge on any atom is 0.326 e. The van der Waals surface area contributed by atoms with E-state index in [1.54, 1.807) is 12.1 Å². The maximum atomic E-state index is 12.8. The van der Waals surface area contributed by atoms with Gasteiger partial charge in [-0.15, -0.1) is 0 Å². The lowest BCUT2D eigenvalue weighted by molar-refractivity contribution is -0.155. The van der Waals surface area contributed by atoms with Crippen LogP contribution in [0.3, 0.4) is 0 Å². The van der Waals surface area contributed by atoms with Crippen molar-refractivity contribution in [1.82, 2.24) is 4.90 Å². The van der Waals surface area contributed by atoms with Crippen LogP contribution in [0.1, 0.15) is 25.3 Å². The van der Waals surface area contributed by atoms with Crippen molar-refractivity contribution in [2.45, 2.75) is 32.2 Å². The van der Waals surface area contributed by atoms with E-state index < -0.39 is 12.0 Å². The fourth-order valence-corrected chi connectivity index (χ4v) is 3.59. The third-order valence-electron chi connectivity index (χ3n) is 4.71. The van der Waals surface area contributed by atoms with Gasteiger partial charge in [-0.1, -0.05) is 18.5 Å². The Hall–Kier alpha value is -1.75. The van der Waals surface area contributed by atoms with E-state index in [0.717, 1.165) is 17.7 Å². The molecule has 1 aromatic carbocycles. The van der Waals surface area contributed by atoms with Gasteiger partial charge in [-0.25, -0.2) is 4.79 Å². The van der Waals surface area contributed by atoms with Crippen molar-refractivity contribution in [3.05, 3.63) is 28.8 Å². The second-order valence-corrected chi connectivity index (χ2v) is 6.92. The fourth-order valence-electron chi connectivity index (χ4n) is 3.40. The average Bonchev–Trinajstić information content (AvgIpc) is 2.53. The lowest BCUT2D eigenvalue weighted by Gasteiger charge is -2.38. The molecule has 0 bridgehead atoms. The van der Waals surface area contributed by atoms with Crippen LogP contribution in [0.2, 0.25) is 5.02 Å². The second kappa shape index (κ2) is 6.40. The molecule has 0 aliphatic carbocycles. The maximum absolute atomic E-state index is 12.8. The van der Waals surface area contributed by atoms with Gasteiger partial charge in [-0.3, -0.25) is 4.79 Å². The van der Waals surface area contributed by atoms with Crippen LogP contribution in [0.4, 0.5) is 0 Å². The highest BCUT2D eigenvalue weighted by Crippen LogP contribution is 2.32. The third kappa shape index (κ3) is 3.29. The number of carbonyl (C=O) groups is 2. The Bertz CT molecular complexity index is 633. The van der Waals surface area contributed by atoms with Gasteiger partial charge < -0.3 is 14.7 Å². The second-order valence-electron chi connectivity index (χ2n) is 6.48. The molecule has 1 amide bonds. The summed E-state index contributed by atoms with van der Waals surface area (Å²) in [7, 11) is 0. The molecule has 3 rings (SSSR count). The van der Waals surface area contributed by atoms with Crippen molar-refractivity contribution >= 4 is 23.5 Å². The Morgan fingerprint density at radius 2 is 2.17 bits per heavy atom. The highest BCUT2D eigenvalue weighted by molar-refractivity contribution is 6.30. The van der Waals surface area contributed by atoms with E-state index in [2.05, 4.69) is 0 Å². The summed E-state index contributed by atoms with van der Waals surface area (Å²) in [5.74, 6) is -0.334. The van der Waals surface area contributed by atoms with Gasteiger partial charge in [0.1, 0.15) is 18.4 Å². The zero-order valence-corrected chi connectivity index (χ0v) is 13.8. The molecule has 5 nitrogen and oxygen atoms in total. The molecule has 2 heterocycles. The zero-order chi connectivity index (χ0) is 16.6. The van der Waals surface area contributed by atoms with E-state index in [-0.39, 0.29) is 18.4 Å². The Labute approximate surface area is 140 Å². The van der Waals surface area contributed by atoms with Gasteiger partial charge in [0.05, 0.1) is 5.92 Å². The number of ether oxygens (including phenoxy) is 1. The van der Waals surface area contributed by atoms with Crippen LogP contribution in [0, 0.1) is 11.8 Å². The first-order valence-corrected chi connectivity index (χ1v) is 8.28. The van der Waals surface area contributed by atoms with Crippen molar-refractivity contribution in [3.63, 3.8) is 0 Å². The summed E-state index contributed by atoms with van der Waals surface area (Å²) in [6.07, 6.45) is 1.88. The topological polar surface area (TPSA) is 66.8 Å². The number of likely N-dealkylation sites (tertiary alicyclic amines) is 1. The van der Waals surface area contributed by atoms with E-state index in [0.29, 0.717) is 30.3 Å². The first kappa shape index (κ1) is 16.1. The number of piperidine rings is 1. The number of nitrogens with zero attached hydrogens (tertiary/aromatic N) is 1. The number of aliphatic carboxylic acids is 1. The smallest absolute Gasteiger partial charge is 0.326 e. The number of carboxylic acid groups (broad SMARTS) is 1. The quantitative estimate of drug-likeness (QED) is 0.900. The number of fused-ring (bicyclic) bond motifs is 1. The first-order valence-electron chi connectivity index (χ1n) is 7.90. The zero-order valence-electron chi connectivity index (χ0n) is 13.0. The van der Waals surface area contributed by atoms with E-state index in [1.807, 2.05) is 13.0 Å². The molecule has 0 spiro atoms. The monoisotopic (exact) mass is 337 g/mol. The summed E-state index contributed by atoms with van der Waals surface area (Å²) in [6, 6.07) is 4.64. The van der Waals surface area contributed by atoms with Crippen LogP contribution in [0.25, 0.3) is 0 Å². The SMILES string of the molecule is CC1CCN(C(=O)C2COc3ccc(Cl)cc3C2)C(C(=O)O)C1. The molecule has 2 aliphatic rings. The molecule has 6 heteroatoms. The number of hydrogen-bond donors (Lipinski definition) is 1. The molecule has 0 aromatic heterocycles. The Morgan fingerprint density at radius 1 is 1.39 bits per heavy atom. The van der Waals surface area contributed by atoms with Crippen LogP contribution in [0.15, 0.2) is 18.2 Å². The highest BCUT2D eigenvalue weighted by atomic mass is 35.5. The number of amides is 1. The van der Waals surface area contributed by atoms with Gasteiger partial charge in [0.2, 0.25) is 5.91 Å². The summed E-state index contributed by atoms with van der Waals surface area (Å²) in [6.45, 7) is 2.81. The summed E-state index contributed by atoms with van der Waals surface area (Å²) >= 11 is 6.00. The molecule has 1 fully saturated rings. The third-order valence-corrected chi connectivity index (χ3v) is 4.95. The number of carbonyl (C=O) groups excluding carboxylic acids is 1. The molecule has 3 atom stereocenters. The molecule has 0 saturated carbocycles. The standard InChI is InChI=1S/C17H20ClNO4/c1-10-4-5-19(14(6-10)17(21)22)16(20)12-7-11-8-13(18)2-3-15(11)23-9-12/h2-3,8,10,12,14H,4-7,9H2,1H3,(H,21,22). The molecule has 1 N–H and O–H groups in total. The van der Waals surface area contributed by atoms with Crippen LogP contribution >= 0.6 is 11.6 Å². The molecule has 3 unspecified atom stereocenters. The largest absolute Gasteiger partial charge is 0.492 e. The van der Waals surface area contributed by atoms with Gasteiger partial charge >= 0.3 is 5.97 Å². The fraction of sp³-hybridized carbons (Fsp3) is 0.529. The minimum Gasteiger partial charge on any atom is -0.492 e. The van der Waals surface area contributed by atoms with Crippen molar-refractivity contribution in [2.75, 3.05) is 13.2 Å². The number of benzene rings is 1. The minimum absolute atomic E-state index is 0.130. The predicted molar refractivity (Wildman–Crippen MR) is 85.7 cm³/mol. The molecule has 2 aliphatic heterocycles. The molecule has 1 aromatic rings. The number of carboxylic acids is 1. The minimum atomic E-state index is -0.926. The lowest BCUT2D eigenvalue weighted by atomic mass is 9.89. The van der Waals surface area contributed by atoms with Crippen LogP contribution in [0.5, 0.6) is 5.75 Å². The number of rotatable bonds is 2. The van der Waals surface area contributed by atoms with Crippen molar-refractivity contribution < 1.29 is 19.4 Å². The van der Waals surface area contributed by atoms with Crippen molar-refractivity contribution in [1.29, 1.82) is 0 Å². The summed E-state index contributed by atoms with van der Waals surface area (Å²) < 4.78 is 5.67. The average molecular weight is 338 g/mol. The van der Waals surface area contributed by atoms with E-state index in [4.69, 9.17) is 16.3 Å². The molecule has 1 saturated heterocycles. The Balaban J connectivity index is 1.76.